The summed E-state index contributed by atoms with van der Waals surface area (Å²) in [7, 11) is 3.47. The summed E-state index contributed by atoms with van der Waals surface area (Å²) < 4.78 is 71.3. The van der Waals surface area contributed by atoms with Crippen molar-refractivity contribution in [1.82, 2.24) is 24.3 Å². The summed E-state index contributed by atoms with van der Waals surface area (Å²) in [6.07, 6.45) is -6.42. The molecule has 2 N–H and O–H groups in total. The first-order valence-electron chi connectivity index (χ1n) is 10.4. The zero-order chi connectivity index (χ0) is 29.3. The van der Waals surface area contributed by atoms with Crippen LogP contribution in [0.4, 0.5) is 26.3 Å². The Morgan fingerprint density at radius 1 is 1.13 bits per heavy atom. The molecule has 0 bridgehead atoms. The molecular formula is C20H25F6N5O6S. The van der Waals surface area contributed by atoms with E-state index in [-0.39, 0.29) is 18.6 Å². The average molecular weight is 578 g/mol. The number of thiazole rings is 1. The van der Waals surface area contributed by atoms with Crippen LogP contribution >= 0.6 is 11.3 Å². The highest BCUT2D eigenvalue weighted by molar-refractivity contribution is 7.09. The Kier molecular flexibility index (Phi) is 12.1. The number of carbonyl (C=O) groups is 3. The number of carboxylic acid groups (broad SMARTS) is 2. The summed E-state index contributed by atoms with van der Waals surface area (Å²) in [4.78, 5) is 42.2. The SMILES string of the molecule is Cc1csc(CN2Cc3cncn3C(COCC(=O)N(C)C)C2)n1.O=C(O)C(F)(F)F.O=C(O)C(F)(F)F. The summed E-state index contributed by atoms with van der Waals surface area (Å²) in [6, 6.07) is 0.160. The molecule has 1 aliphatic heterocycles. The van der Waals surface area contributed by atoms with E-state index in [4.69, 9.17) is 24.5 Å². The maximum Gasteiger partial charge on any atom is 0.490 e. The third-order valence-corrected chi connectivity index (χ3v) is 5.49. The lowest BCUT2D eigenvalue weighted by molar-refractivity contribution is -0.193. The molecule has 2 aromatic rings. The van der Waals surface area contributed by atoms with Gasteiger partial charge >= 0.3 is 24.3 Å². The van der Waals surface area contributed by atoms with Gasteiger partial charge in [-0.15, -0.1) is 11.3 Å². The lowest BCUT2D eigenvalue weighted by Gasteiger charge is -2.33. The fourth-order valence-corrected chi connectivity index (χ4v) is 3.61. The number of carboxylic acids is 2. The Morgan fingerprint density at radius 2 is 1.68 bits per heavy atom. The van der Waals surface area contributed by atoms with Crippen molar-refractivity contribution < 1.29 is 55.7 Å². The Labute approximate surface area is 216 Å². The number of amides is 1. The van der Waals surface area contributed by atoms with Crippen molar-refractivity contribution in [3.63, 3.8) is 0 Å². The number of aryl methyl sites for hydroxylation is 1. The van der Waals surface area contributed by atoms with Gasteiger partial charge in [0.15, 0.2) is 0 Å². The highest BCUT2D eigenvalue weighted by Gasteiger charge is 2.38. The molecule has 1 unspecified atom stereocenters. The van der Waals surface area contributed by atoms with E-state index < -0.39 is 24.3 Å². The van der Waals surface area contributed by atoms with E-state index in [1.807, 2.05) is 19.4 Å². The second-order valence-electron chi connectivity index (χ2n) is 7.91. The van der Waals surface area contributed by atoms with Gasteiger partial charge in [0.1, 0.15) is 11.6 Å². The lowest BCUT2D eigenvalue weighted by Crippen LogP contribution is -2.39. The van der Waals surface area contributed by atoms with Crippen LogP contribution in [0.3, 0.4) is 0 Å². The van der Waals surface area contributed by atoms with E-state index >= 15 is 0 Å². The number of halogens is 6. The second-order valence-corrected chi connectivity index (χ2v) is 8.85. The molecule has 214 valence electrons. The first-order chi connectivity index (χ1) is 17.4. The first kappa shape index (κ1) is 32.8. The summed E-state index contributed by atoms with van der Waals surface area (Å²) in [5.41, 5.74) is 2.24. The smallest absolute Gasteiger partial charge is 0.475 e. The van der Waals surface area contributed by atoms with Crippen LogP contribution in [-0.4, -0.2) is 98.6 Å². The number of rotatable bonds is 6. The predicted octanol–water partition coefficient (Wildman–Crippen LogP) is 2.58. The van der Waals surface area contributed by atoms with Crippen LogP contribution in [0.5, 0.6) is 0 Å². The fraction of sp³-hybridized carbons (Fsp3) is 0.550. The summed E-state index contributed by atoms with van der Waals surface area (Å²) in [5, 5.41) is 17.5. The molecular weight excluding hydrogens is 552 g/mol. The van der Waals surface area contributed by atoms with Gasteiger partial charge in [0.2, 0.25) is 5.91 Å². The number of aliphatic carboxylic acids is 2. The zero-order valence-electron chi connectivity index (χ0n) is 20.3. The van der Waals surface area contributed by atoms with Crippen molar-refractivity contribution in [3.05, 3.63) is 34.3 Å². The summed E-state index contributed by atoms with van der Waals surface area (Å²) in [6.45, 7) is 5.17. The largest absolute Gasteiger partial charge is 0.490 e. The van der Waals surface area contributed by atoms with Crippen LogP contribution in [0.25, 0.3) is 0 Å². The highest BCUT2D eigenvalue weighted by atomic mass is 32.1. The molecule has 0 saturated heterocycles. The fourth-order valence-electron chi connectivity index (χ4n) is 2.79. The minimum absolute atomic E-state index is 0.0215. The molecule has 3 heterocycles. The van der Waals surface area contributed by atoms with E-state index in [9.17, 15) is 31.1 Å². The van der Waals surface area contributed by atoms with Crippen LogP contribution in [0.2, 0.25) is 0 Å². The van der Waals surface area contributed by atoms with Crippen molar-refractivity contribution in [2.24, 2.45) is 0 Å². The van der Waals surface area contributed by atoms with Crippen LogP contribution in [0.1, 0.15) is 22.4 Å². The molecule has 0 saturated carbocycles. The van der Waals surface area contributed by atoms with Gasteiger partial charge in [-0.1, -0.05) is 0 Å². The maximum absolute atomic E-state index is 11.7. The van der Waals surface area contributed by atoms with Crippen LogP contribution in [-0.2, 0) is 32.2 Å². The zero-order valence-corrected chi connectivity index (χ0v) is 21.1. The number of alkyl halides is 6. The molecule has 0 spiro atoms. The van der Waals surface area contributed by atoms with Gasteiger partial charge in [-0.3, -0.25) is 9.69 Å². The van der Waals surface area contributed by atoms with E-state index in [1.54, 1.807) is 30.3 Å². The highest BCUT2D eigenvalue weighted by Crippen LogP contribution is 2.23. The Morgan fingerprint density at radius 3 is 2.13 bits per heavy atom. The molecule has 1 amide bonds. The van der Waals surface area contributed by atoms with Gasteiger partial charge < -0.3 is 24.4 Å². The van der Waals surface area contributed by atoms with Crippen molar-refractivity contribution >= 4 is 29.2 Å². The number of fused-ring (bicyclic) bond motifs is 1. The number of carbonyl (C=O) groups excluding carboxylic acids is 1. The minimum Gasteiger partial charge on any atom is -0.475 e. The van der Waals surface area contributed by atoms with Crippen LogP contribution < -0.4 is 0 Å². The van der Waals surface area contributed by atoms with Crippen molar-refractivity contribution in [1.29, 1.82) is 0 Å². The van der Waals surface area contributed by atoms with E-state index in [0.29, 0.717) is 6.61 Å². The molecule has 38 heavy (non-hydrogen) atoms. The molecule has 2 aromatic heterocycles. The number of imidazole rings is 1. The number of ether oxygens (including phenoxy) is 1. The van der Waals surface area contributed by atoms with Gasteiger partial charge in [0.25, 0.3) is 0 Å². The number of hydrogen-bond acceptors (Lipinski definition) is 8. The summed E-state index contributed by atoms with van der Waals surface area (Å²) >= 11 is 1.70. The average Bonchev–Trinajstić information content (AvgIpc) is 3.41. The molecule has 18 heteroatoms. The van der Waals surface area contributed by atoms with Crippen molar-refractivity contribution in [2.75, 3.05) is 33.9 Å². The molecule has 0 aromatic carbocycles. The third-order valence-electron chi connectivity index (χ3n) is 4.54. The monoisotopic (exact) mass is 577 g/mol. The van der Waals surface area contributed by atoms with E-state index in [1.165, 1.54) is 5.69 Å². The quantitative estimate of drug-likeness (QED) is 0.496. The standard InChI is InChI=1S/C16H23N5O2S.2C2HF3O2/c1-12-10-24-15(18-12)7-20-5-13-4-17-11-21(13)14(6-20)8-23-9-16(22)19(2)3;2*3-2(4,5)1(6)7/h4,10-11,14H,5-9H2,1-3H3;2*(H,6,7). The first-order valence-corrected chi connectivity index (χ1v) is 11.3. The molecule has 0 fully saturated rings. The number of aromatic nitrogens is 3. The second kappa shape index (κ2) is 14.1. The topological polar surface area (TPSA) is 138 Å². The van der Waals surface area contributed by atoms with Gasteiger partial charge in [-0.2, -0.15) is 26.3 Å². The lowest BCUT2D eigenvalue weighted by atomic mass is 10.2. The Hall–Kier alpha value is -3.25. The maximum atomic E-state index is 11.7. The molecule has 3 rings (SSSR count). The van der Waals surface area contributed by atoms with Crippen LogP contribution in [0.15, 0.2) is 17.9 Å². The molecule has 1 atom stereocenters. The third kappa shape index (κ3) is 11.4. The van der Waals surface area contributed by atoms with E-state index in [0.717, 1.165) is 30.3 Å². The molecule has 0 aliphatic carbocycles. The van der Waals surface area contributed by atoms with Gasteiger partial charge in [-0.25, -0.2) is 19.6 Å². The number of hydrogen-bond donors (Lipinski definition) is 2. The van der Waals surface area contributed by atoms with Crippen molar-refractivity contribution in [3.8, 4) is 0 Å². The molecule has 1 aliphatic rings. The Bertz CT molecular complexity index is 1050. The van der Waals surface area contributed by atoms with E-state index in [2.05, 4.69) is 24.8 Å². The molecule has 0 radical (unpaired) electrons. The van der Waals surface area contributed by atoms with Gasteiger partial charge in [0, 0.05) is 44.5 Å². The van der Waals surface area contributed by atoms with Crippen LogP contribution in [0, 0.1) is 6.92 Å². The van der Waals surface area contributed by atoms with Gasteiger partial charge in [-0.05, 0) is 6.92 Å². The van der Waals surface area contributed by atoms with Crippen molar-refractivity contribution in [2.45, 2.75) is 38.4 Å². The number of nitrogens with zero attached hydrogens (tertiary/aromatic N) is 5. The van der Waals surface area contributed by atoms with Gasteiger partial charge in [0.05, 0.1) is 31.2 Å². The molecule has 11 nitrogen and oxygen atoms in total. The minimum atomic E-state index is -5.08. The summed E-state index contributed by atoms with van der Waals surface area (Å²) in [5.74, 6) is -5.54. The number of likely N-dealkylation sites (N-methyl/N-ethyl adjacent to an activating group) is 1. The predicted molar refractivity (Wildman–Crippen MR) is 119 cm³/mol. The normalized spacial score (nSPS) is 15.3. The Balaban J connectivity index is 0.000000426.